The van der Waals surface area contributed by atoms with E-state index in [9.17, 15) is 14.9 Å². The minimum absolute atomic E-state index is 0.0440. The van der Waals surface area contributed by atoms with Gasteiger partial charge in [-0.25, -0.2) is 9.78 Å². The minimum atomic E-state index is -1.01. The molecule has 1 aromatic carbocycles. The van der Waals surface area contributed by atoms with Gasteiger partial charge in [-0.05, 0) is 54.7 Å². The highest BCUT2D eigenvalue weighted by Crippen LogP contribution is 2.44. The quantitative estimate of drug-likeness (QED) is 0.502. The number of carbonyl (C=O) groups is 2. The first-order valence-electron chi connectivity index (χ1n) is 11.5. The number of anilines is 1. The number of nitriles is 1. The predicted molar refractivity (Wildman–Crippen MR) is 132 cm³/mol. The van der Waals surface area contributed by atoms with Crippen molar-refractivity contribution in [3.63, 3.8) is 0 Å². The molecule has 1 aliphatic rings. The van der Waals surface area contributed by atoms with Crippen LogP contribution >= 0.6 is 11.3 Å². The third kappa shape index (κ3) is 4.80. The number of hydrogen-bond acceptors (Lipinski definition) is 7. The number of benzene rings is 1. The first-order chi connectivity index (χ1) is 16.2. The van der Waals surface area contributed by atoms with Gasteiger partial charge in [-0.2, -0.15) is 5.26 Å². The lowest BCUT2D eigenvalue weighted by Crippen LogP contribution is -2.32. The van der Waals surface area contributed by atoms with Gasteiger partial charge in [0.25, 0.3) is 5.91 Å². The van der Waals surface area contributed by atoms with Crippen molar-refractivity contribution in [3.8, 4) is 6.07 Å². The Morgan fingerprint density at radius 3 is 2.71 bits per heavy atom. The van der Waals surface area contributed by atoms with Gasteiger partial charge in [0.1, 0.15) is 11.1 Å². The van der Waals surface area contributed by atoms with Gasteiger partial charge in [-0.1, -0.05) is 39.8 Å². The first kappa shape index (κ1) is 23.8. The Kier molecular flexibility index (Phi) is 6.67. The number of thiophene rings is 1. The number of para-hydroxylation sites is 2. The highest BCUT2D eigenvalue weighted by atomic mass is 32.1. The molecule has 34 heavy (non-hydrogen) atoms. The lowest BCUT2D eigenvalue weighted by atomic mass is 9.72. The number of carbonyl (C=O) groups excluding carboxylic acids is 2. The number of ether oxygens (including phenoxy) is 1. The van der Waals surface area contributed by atoms with Crippen LogP contribution in [0.3, 0.4) is 0 Å². The van der Waals surface area contributed by atoms with Crippen molar-refractivity contribution >= 4 is 39.2 Å². The fraction of sp³-hybridized carbons (Fsp3) is 0.423. The second-order valence-electron chi connectivity index (χ2n) is 9.66. The number of esters is 1. The molecule has 176 valence electrons. The number of hydrogen-bond donors (Lipinski definition) is 1. The fourth-order valence-corrected chi connectivity index (χ4v) is 5.57. The first-order valence-corrected chi connectivity index (χ1v) is 12.3. The molecule has 0 bridgehead atoms. The summed E-state index contributed by atoms with van der Waals surface area (Å²) in [7, 11) is 0. The predicted octanol–water partition coefficient (Wildman–Crippen LogP) is 5.29. The van der Waals surface area contributed by atoms with E-state index in [1.807, 2.05) is 12.1 Å². The summed E-state index contributed by atoms with van der Waals surface area (Å²) >= 11 is 1.46. The highest BCUT2D eigenvalue weighted by molar-refractivity contribution is 7.16. The second-order valence-corrected chi connectivity index (χ2v) is 10.8. The molecule has 1 amide bonds. The van der Waals surface area contributed by atoms with E-state index in [-0.39, 0.29) is 17.5 Å². The number of fused-ring (bicyclic) bond motifs is 2. The van der Waals surface area contributed by atoms with Crippen LogP contribution in [0, 0.1) is 22.7 Å². The maximum Gasteiger partial charge on any atom is 0.359 e. The third-order valence-corrected chi connectivity index (χ3v) is 7.58. The van der Waals surface area contributed by atoms with Crippen LogP contribution in [0.15, 0.2) is 30.5 Å². The Hall–Kier alpha value is -3.31. The summed E-state index contributed by atoms with van der Waals surface area (Å²) in [6, 6.07) is 9.49. The lowest BCUT2D eigenvalue weighted by Gasteiger charge is -2.33. The van der Waals surface area contributed by atoms with Crippen molar-refractivity contribution in [1.29, 1.82) is 5.26 Å². The molecule has 2 unspecified atom stereocenters. The smallest absolute Gasteiger partial charge is 0.359 e. The molecule has 2 heterocycles. The third-order valence-electron chi connectivity index (χ3n) is 6.41. The van der Waals surface area contributed by atoms with Gasteiger partial charge < -0.3 is 10.1 Å². The van der Waals surface area contributed by atoms with Crippen molar-refractivity contribution in [2.45, 2.75) is 59.5 Å². The van der Waals surface area contributed by atoms with E-state index in [1.165, 1.54) is 17.5 Å². The van der Waals surface area contributed by atoms with Gasteiger partial charge >= 0.3 is 5.97 Å². The monoisotopic (exact) mass is 476 g/mol. The molecule has 0 aliphatic heterocycles. The van der Waals surface area contributed by atoms with Crippen LogP contribution in [0.1, 0.15) is 67.0 Å². The summed E-state index contributed by atoms with van der Waals surface area (Å²) in [4.78, 5) is 35.4. The minimum Gasteiger partial charge on any atom is -0.447 e. The van der Waals surface area contributed by atoms with Crippen LogP contribution in [0.25, 0.3) is 11.0 Å². The Labute approximate surface area is 203 Å². The average Bonchev–Trinajstić information content (AvgIpc) is 3.17. The molecule has 1 N–H and O–H groups in total. The summed E-state index contributed by atoms with van der Waals surface area (Å²) in [5, 5.41) is 13.2. The van der Waals surface area contributed by atoms with Gasteiger partial charge in [0.2, 0.25) is 0 Å². The average molecular weight is 477 g/mol. The molecular formula is C26H28N4O3S. The van der Waals surface area contributed by atoms with E-state index < -0.39 is 18.0 Å². The maximum absolute atomic E-state index is 13.0. The zero-order valence-electron chi connectivity index (χ0n) is 19.8. The van der Waals surface area contributed by atoms with E-state index >= 15 is 0 Å². The van der Waals surface area contributed by atoms with E-state index in [2.05, 4.69) is 42.1 Å². The van der Waals surface area contributed by atoms with Gasteiger partial charge in [0, 0.05) is 4.88 Å². The van der Waals surface area contributed by atoms with E-state index in [0.29, 0.717) is 27.5 Å². The molecule has 4 rings (SSSR count). The van der Waals surface area contributed by atoms with E-state index in [4.69, 9.17) is 4.74 Å². The Morgan fingerprint density at radius 2 is 2.03 bits per heavy atom. The summed E-state index contributed by atoms with van der Waals surface area (Å²) in [5.74, 6) is -0.632. The summed E-state index contributed by atoms with van der Waals surface area (Å²) < 4.78 is 5.47. The fourth-order valence-electron chi connectivity index (χ4n) is 4.29. The molecule has 3 aromatic rings. The lowest BCUT2D eigenvalue weighted by molar-refractivity contribution is -0.124. The van der Waals surface area contributed by atoms with Gasteiger partial charge in [0.15, 0.2) is 11.8 Å². The Bertz CT molecular complexity index is 1290. The molecule has 0 saturated heterocycles. The number of nitrogens with one attached hydrogen (secondary N) is 1. The number of amides is 1. The maximum atomic E-state index is 13.0. The molecule has 7 nitrogen and oxygen atoms in total. The van der Waals surface area contributed by atoms with Crippen LogP contribution < -0.4 is 5.32 Å². The molecular weight excluding hydrogens is 448 g/mol. The SMILES string of the molecule is CCC(OC(=O)c1cnc2ccccc2n1)C(=O)Nc1sc2c(c1C#N)CCC(C(C)(C)C)C2. The van der Waals surface area contributed by atoms with Crippen molar-refractivity contribution in [3.05, 3.63) is 52.2 Å². The zero-order chi connectivity index (χ0) is 24.5. The topological polar surface area (TPSA) is 105 Å². The van der Waals surface area contributed by atoms with Crippen molar-refractivity contribution in [2.75, 3.05) is 5.32 Å². The van der Waals surface area contributed by atoms with Crippen molar-refractivity contribution in [1.82, 2.24) is 9.97 Å². The normalized spacial score (nSPS) is 16.4. The molecule has 0 radical (unpaired) electrons. The van der Waals surface area contributed by atoms with Gasteiger partial charge in [-0.3, -0.25) is 9.78 Å². The molecule has 0 spiro atoms. The van der Waals surface area contributed by atoms with E-state index in [0.717, 1.165) is 29.7 Å². The van der Waals surface area contributed by atoms with Gasteiger partial charge in [0.05, 0.1) is 22.8 Å². The Morgan fingerprint density at radius 1 is 1.29 bits per heavy atom. The second kappa shape index (κ2) is 9.51. The largest absolute Gasteiger partial charge is 0.447 e. The van der Waals surface area contributed by atoms with Crippen LogP contribution in [-0.4, -0.2) is 27.9 Å². The summed E-state index contributed by atoms with van der Waals surface area (Å²) in [6.45, 7) is 8.49. The molecule has 8 heteroatoms. The highest BCUT2D eigenvalue weighted by Gasteiger charge is 2.33. The molecule has 2 atom stereocenters. The molecule has 0 fully saturated rings. The summed E-state index contributed by atoms with van der Waals surface area (Å²) in [5.41, 5.74) is 3.05. The van der Waals surface area contributed by atoms with E-state index in [1.54, 1.807) is 19.1 Å². The Balaban J connectivity index is 1.49. The zero-order valence-corrected chi connectivity index (χ0v) is 20.7. The number of aromatic nitrogens is 2. The van der Waals surface area contributed by atoms with Crippen molar-refractivity contribution < 1.29 is 14.3 Å². The molecule has 1 aliphatic carbocycles. The number of rotatable bonds is 5. The van der Waals surface area contributed by atoms with Crippen LogP contribution in [-0.2, 0) is 22.4 Å². The number of nitrogens with zero attached hydrogens (tertiary/aromatic N) is 3. The van der Waals surface area contributed by atoms with Crippen LogP contribution in [0.2, 0.25) is 0 Å². The standard InChI is InChI=1S/C26H28N4O3S/c1-5-21(33-25(32)20-14-28-18-8-6-7-9-19(18)29-20)23(31)30-24-17(13-27)16-11-10-15(26(2,3)4)12-22(16)34-24/h6-9,14-15,21H,5,10-12H2,1-4H3,(H,30,31). The molecule has 0 saturated carbocycles. The summed E-state index contributed by atoms with van der Waals surface area (Å²) in [6.07, 6.45) is 3.39. The molecule has 2 aromatic heterocycles. The van der Waals surface area contributed by atoms with Crippen LogP contribution in [0.4, 0.5) is 5.00 Å². The van der Waals surface area contributed by atoms with Gasteiger partial charge in [-0.15, -0.1) is 11.3 Å². The van der Waals surface area contributed by atoms with Crippen molar-refractivity contribution in [2.24, 2.45) is 11.3 Å². The van der Waals surface area contributed by atoms with Crippen LogP contribution in [0.5, 0.6) is 0 Å².